The van der Waals surface area contributed by atoms with Crippen LogP contribution in [-0.4, -0.2) is 19.8 Å². The zero-order chi connectivity index (χ0) is 10.4. The molecule has 3 rings (SSSR count). The van der Waals surface area contributed by atoms with E-state index in [2.05, 4.69) is 15.3 Å². The molecular weight excluding hydrogens is 212 g/mol. The molecule has 78 valence electrons. The van der Waals surface area contributed by atoms with Gasteiger partial charge >= 0.3 is 0 Å². The van der Waals surface area contributed by atoms with Crippen LogP contribution in [0.15, 0.2) is 0 Å². The summed E-state index contributed by atoms with van der Waals surface area (Å²) < 4.78 is 1.74. The van der Waals surface area contributed by atoms with Gasteiger partial charge in [0.25, 0.3) is 0 Å². The van der Waals surface area contributed by atoms with Crippen molar-refractivity contribution in [3.63, 3.8) is 0 Å². The minimum Gasteiger partial charge on any atom is -0.196 e. The molecule has 0 fully saturated rings. The second-order valence-corrected chi connectivity index (χ2v) is 4.30. The van der Waals surface area contributed by atoms with E-state index in [4.69, 9.17) is 11.6 Å². The summed E-state index contributed by atoms with van der Waals surface area (Å²) in [6, 6.07) is 0. The highest BCUT2D eigenvalue weighted by molar-refractivity contribution is 6.30. The SMILES string of the molecule is Cc1nnc2c3c(c(Cl)nn12)CCCC3. The van der Waals surface area contributed by atoms with E-state index >= 15 is 0 Å². The van der Waals surface area contributed by atoms with Crippen molar-refractivity contribution in [3.8, 4) is 0 Å². The van der Waals surface area contributed by atoms with Gasteiger partial charge in [-0.2, -0.15) is 9.61 Å². The summed E-state index contributed by atoms with van der Waals surface area (Å²) in [4.78, 5) is 0. The summed E-state index contributed by atoms with van der Waals surface area (Å²) in [7, 11) is 0. The second-order valence-electron chi connectivity index (χ2n) is 3.94. The van der Waals surface area contributed by atoms with E-state index in [-0.39, 0.29) is 0 Å². The lowest BCUT2D eigenvalue weighted by Gasteiger charge is -2.16. The van der Waals surface area contributed by atoms with Gasteiger partial charge in [-0.05, 0) is 38.2 Å². The first-order valence-electron chi connectivity index (χ1n) is 5.16. The van der Waals surface area contributed by atoms with Gasteiger partial charge in [0.2, 0.25) is 0 Å². The average molecular weight is 223 g/mol. The lowest BCUT2D eigenvalue weighted by molar-refractivity contribution is 0.674. The van der Waals surface area contributed by atoms with Crippen LogP contribution in [0.3, 0.4) is 0 Å². The molecule has 5 heteroatoms. The van der Waals surface area contributed by atoms with Gasteiger partial charge in [0.05, 0.1) is 0 Å². The maximum Gasteiger partial charge on any atom is 0.181 e. The fourth-order valence-corrected chi connectivity index (χ4v) is 2.48. The smallest absolute Gasteiger partial charge is 0.181 e. The molecule has 0 bridgehead atoms. The van der Waals surface area contributed by atoms with Crippen molar-refractivity contribution in [3.05, 3.63) is 22.1 Å². The van der Waals surface area contributed by atoms with Crippen LogP contribution in [0.2, 0.25) is 5.15 Å². The Morgan fingerprint density at radius 2 is 1.87 bits per heavy atom. The fraction of sp³-hybridized carbons (Fsp3) is 0.500. The minimum absolute atomic E-state index is 0.611. The topological polar surface area (TPSA) is 43.1 Å². The van der Waals surface area contributed by atoms with Crippen molar-refractivity contribution in [2.45, 2.75) is 32.6 Å². The predicted molar refractivity (Wildman–Crippen MR) is 57.2 cm³/mol. The Morgan fingerprint density at radius 1 is 1.13 bits per heavy atom. The molecular formula is C10H11ClN4. The molecule has 4 nitrogen and oxygen atoms in total. The number of aryl methyl sites for hydroxylation is 2. The number of nitrogens with zero attached hydrogens (tertiary/aromatic N) is 4. The third-order valence-electron chi connectivity index (χ3n) is 2.97. The molecule has 0 spiro atoms. The van der Waals surface area contributed by atoms with Gasteiger partial charge in [0.15, 0.2) is 16.6 Å². The molecule has 0 N–H and O–H groups in total. The van der Waals surface area contributed by atoms with Crippen LogP contribution in [0.4, 0.5) is 0 Å². The number of fused-ring (bicyclic) bond motifs is 3. The van der Waals surface area contributed by atoms with Gasteiger partial charge < -0.3 is 0 Å². The molecule has 0 amide bonds. The standard InChI is InChI=1S/C10H11ClN4/c1-6-12-13-10-8-5-3-2-4-7(8)9(11)14-15(6)10/h2-5H2,1H3. The van der Waals surface area contributed by atoms with Gasteiger partial charge in [0.1, 0.15) is 0 Å². The zero-order valence-electron chi connectivity index (χ0n) is 8.50. The van der Waals surface area contributed by atoms with Crippen molar-refractivity contribution in [1.29, 1.82) is 0 Å². The largest absolute Gasteiger partial charge is 0.196 e. The number of halogens is 1. The van der Waals surface area contributed by atoms with Crippen LogP contribution in [0, 0.1) is 6.92 Å². The minimum atomic E-state index is 0.611. The summed E-state index contributed by atoms with van der Waals surface area (Å²) in [6.07, 6.45) is 4.45. The molecule has 0 radical (unpaired) electrons. The van der Waals surface area contributed by atoms with Crippen molar-refractivity contribution in [2.24, 2.45) is 0 Å². The molecule has 0 atom stereocenters. The number of rotatable bonds is 0. The maximum absolute atomic E-state index is 6.16. The zero-order valence-corrected chi connectivity index (χ0v) is 9.25. The third kappa shape index (κ3) is 1.24. The van der Waals surface area contributed by atoms with Crippen LogP contribution in [0.1, 0.15) is 29.8 Å². The molecule has 0 aromatic carbocycles. The van der Waals surface area contributed by atoms with Gasteiger partial charge in [0, 0.05) is 5.56 Å². The Labute approximate surface area is 92.3 Å². The van der Waals surface area contributed by atoms with Crippen molar-refractivity contribution in [2.75, 3.05) is 0 Å². The van der Waals surface area contributed by atoms with Crippen LogP contribution in [0.25, 0.3) is 5.65 Å². The molecule has 2 aromatic rings. The van der Waals surface area contributed by atoms with Crippen LogP contribution in [-0.2, 0) is 12.8 Å². The van der Waals surface area contributed by atoms with E-state index < -0.39 is 0 Å². The highest BCUT2D eigenvalue weighted by Gasteiger charge is 2.19. The monoisotopic (exact) mass is 222 g/mol. The molecule has 2 aromatic heterocycles. The molecule has 2 heterocycles. The van der Waals surface area contributed by atoms with Gasteiger partial charge in [-0.3, -0.25) is 0 Å². The molecule has 0 saturated carbocycles. The Morgan fingerprint density at radius 3 is 2.67 bits per heavy atom. The number of aromatic nitrogens is 4. The van der Waals surface area contributed by atoms with E-state index in [0.29, 0.717) is 5.15 Å². The molecule has 0 aliphatic heterocycles. The van der Waals surface area contributed by atoms with E-state index in [0.717, 1.165) is 24.3 Å². The van der Waals surface area contributed by atoms with Crippen molar-refractivity contribution >= 4 is 17.2 Å². The first-order chi connectivity index (χ1) is 7.27. The molecule has 0 unspecified atom stereocenters. The molecule has 1 aliphatic carbocycles. The Bertz CT molecular complexity index is 532. The summed E-state index contributed by atoms with van der Waals surface area (Å²) in [5.41, 5.74) is 3.29. The van der Waals surface area contributed by atoms with Crippen LogP contribution in [0.5, 0.6) is 0 Å². The number of hydrogen-bond acceptors (Lipinski definition) is 3. The Balaban J connectivity index is 2.40. The quantitative estimate of drug-likeness (QED) is 0.685. The van der Waals surface area contributed by atoms with E-state index in [1.165, 1.54) is 24.0 Å². The summed E-state index contributed by atoms with van der Waals surface area (Å²) in [5.74, 6) is 0.792. The highest BCUT2D eigenvalue weighted by atomic mass is 35.5. The van der Waals surface area contributed by atoms with E-state index in [9.17, 15) is 0 Å². The highest BCUT2D eigenvalue weighted by Crippen LogP contribution is 2.28. The molecule has 0 saturated heterocycles. The van der Waals surface area contributed by atoms with Crippen LogP contribution < -0.4 is 0 Å². The summed E-state index contributed by atoms with van der Waals surface area (Å²) in [5, 5.41) is 13.1. The second kappa shape index (κ2) is 3.17. The summed E-state index contributed by atoms with van der Waals surface area (Å²) >= 11 is 6.16. The van der Waals surface area contributed by atoms with Gasteiger partial charge in [-0.15, -0.1) is 10.2 Å². The van der Waals surface area contributed by atoms with Crippen molar-refractivity contribution < 1.29 is 0 Å². The molecule has 1 aliphatic rings. The van der Waals surface area contributed by atoms with Crippen LogP contribution >= 0.6 is 11.6 Å². The Hall–Kier alpha value is -1.16. The normalized spacial score (nSPS) is 15.6. The first-order valence-corrected chi connectivity index (χ1v) is 5.54. The summed E-state index contributed by atoms with van der Waals surface area (Å²) in [6.45, 7) is 1.89. The first kappa shape index (κ1) is 9.09. The average Bonchev–Trinajstić information content (AvgIpc) is 2.62. The third-order valence-corrected chi connectivity index (χ3v) is 3.27. The fourth-order valence-electron chi connectivity index (χ4n) is 2.19. The van der Waals surface area contributed by atoms with Gasteiger partial charge in [-0.25, -0.2) is 0 Å². The number of hydrogen-bond donors (Lipinski definition) is 0. The molecule has 15 heavy (non-hydrogen) atoms. The lowest BCUT2D eigenvalue weighted by Crippen LogP contribution is -2.09. The van der Waals surface area contributed by atoms with Gasteiger partial charge in [-0.1, -0.05) is 11.6 Å². The Kier molecular flexibility index (Phi) is 1.92. The van der Waals surface area contributed by atoms with Crippen molar-refractivity contribution in [1.82, 2.24) is 19.8 Å². The lowest BCUT2D eigenvalue weighted by atomic mass is 9.94. The van der Waals surface area contributed by atoms with E-state index in [1.54, 1.807) is 4.52 Å². The predicted octanol–water partition coefficient (Wildman–Crippen LogP) is 1.96. The maximum atomic E-state index is 6.16. The van der Waals surface area contributed by atoms with E-state index in [1.807, 2.05) is 6.92 Å².